The Balaban J connectivity index is 1.33. The molecule has 0 radical (unpaired) electrons. The molecule has 5 rings (SSSR count). The number of ether oxygens (including phenoxy) is 3. The van der Waals surface area contributed by atoms with Gasteiger partial charge in [-0.3, -0.25) is 0 Å². The van der Waals surface area contributed by atoms with E-state index < -0.39 is 20.8 Å². The van der Waals surface area contributed by atoms with E-state index in [2.05, 4.69) is 24.3 Å². The molecule has 3 atom stereocenters. The Bertz CT molecular complexity index is 1260. The van der Waals surface area contributed by atoms with Crippen molar-refractivity contribution < 1.29 is 24.1 Å². The van der Waals surface area contributed by atoms with Gasteiger partial charge in [-0.25, -0.2) is 0 Å². The predicted molar refractivity (Wildman–Crippen MR) is 164 cm³/mol. The van der Waals surface area contributed by atoms with Gasteiger partial charge in [-0.05, 0) is 0 Å². The zero-order chi connectivity index (χ0) is 28.8. The fourth-order valence-corrected chi connectivity index (χ4v) is 10.6. The van der Waals surface area contributed by atoms with Crippen molar-refractivity contribution in [3.8, 4) is 22.6 Å². The SMILES string of the molecule is COc1cc(C[As](C[C@H](O)[C@@H](N)CC2CCCCC2)C(=O)OCC2c3ccccc3-c3ccccc32)cc(OC)c1. The van der Waals surface area contributed by atoms with Crippen molar-refractivity contribution in [3.63, 3.8) is 0 Å². The number of hydrogen-bond donors (Lipinski definition) is 2. The maximum atomic E-state index is 13.8. The third kappa shape index (κ3) is 7.17. The van der Waals surface area contributed by atoms with Crippen molar-refractivity contribution in [1.82, 2.24) is 0 Å². The molecule has 3 aromatic rings. The molecular weight excluding hydrogens is 577 g/mol. The van der Waals surface area contributed by atoms with Gasteiger partial charge in [-0.1, -0.05) is 0 Å². The van der Waals surface area contributed by atoms with Crippen molar-refractivity contribution in [2.24, 2.45) is 11.7 Å². The number of nitrogens with two attached hydrogens (primary N) is 1. The number of methoxy groups -OCH3 is 2. The molecule has 1 saturated carbocycles. The van der Waals surface area contributed by atoms with Gasteiger partial charge in [-0.2, -0.15) is 0 Å². The van der Waals surface area contributed by atoms with E-state index in [-0.39, 0.29) is 23.3 Å². The van der Waals surface area contributed by atoms with E-state index in [1.165, 1.54) is 54.4 Å². The van der Waals surface area contributed by atoms with Crippen LogP contribution < -0.4 is 15.2 Å². The van der Waals surface area contributed by atoms with E-state index in [1.54, 1.807) is 14.2 Å². The third-order valence-electron chi connectivity index (χ3n) is 8.61. The standard InChI is InChI=1S/C34H42AsNO5/c1-39-25-16-24(17-26(19-25)40-2)20-35(21-33(37)32(36)18-23-10-4-3-5-11-23)34(38)41-22-31-29-14-8-6-12-27(29)28-13-7-9-15-30(28)31/h6-9,12-17,19,23,31-33,37H,3-5,10-11,18,20-22,36H2,1-2H3/t32-,33-,35?/m0/s1. The average Bonchev–Trinajstić information content (AvgIpc) is 3.33. The van der Waals surface area contributed by atoms with Gasteiger partial charge < -0.3 is 0 Å². The molecule has 0 spiro atoms. The fraction of sp³-hybridized carbons (Fsp3) is 0.441. The van der Waals surface area contributed by atoms with Gasteiger partial charge in [0.15, 0.2) is 0 Å². The van der Waals surface area contributed by atoms with Gasteiger partial charge in [0, 0.05) is 0 Å². The maximum absolute atomic E-state index is 13.8. The average molecular weight is 620 g/mol. The van der Waals surface area contributed by atoms with Gasteiger partial charge in [-0.15, -0.1) is 0 Å². The summed E-state index contributed by atoms with van der Waals surface area (Å²) in [6, 6.07) is 22.1. The van der Waals surface area contributed by atoms with E-state index in [0.717, 1.165) is 12.0 Å². The molecule has 3 N–H and O–H groups in total. The van der Waals surface area contributed by atoms with Crippen molar-refractivity contribution in [3.05, 3.63) is 83.4 Å². The van der Waals surface area contributed by atoms with Gasteiger partial charge in [0.2, 0.25) is 0 Å². The molecule has 2 aliphatic carbocycles. The minimum atomic E-state index is -2.41. The van der Waals surface area contributed by atoms with Crippen molar-refractivity contribution in [1.29, 1.82) is 0 Å². The second kappa shape index (κ2) is 13.9. The first-order valence-electron chi connectivity index (χ1n) is 14.7. The molecule has 1 unspecified atom stereocenters. The summed E-state index contributed by atoms with van der Waals surface area (Å²) >= 11 is -2.41. The van der Waals surface area contributed by atoms with Crippen LogP contribution >= 0.6 is 0 Å². The minimum absolute atomic E-state index is 0.00223. The summed E-state index contributed by atoms with van der Waals surface area (Å²) in [5.41, 5.74) is 12.3. The third-order valence-corrected chi connectivity index (χ3v) is 13.2. The Hall–Kier alpha value is -2.79. The second-order valence-corrected chi connectivity index (χ2v) is 15.8. The Kier molecular flexibility index (Phi) is 10.1. The first kappa shape index (κ1) is 29.7. The summed E-state index contributed by atoms with van der Waals surface area (Å²) in [7, 11) is 3.24. The summed E-state index contributed by atoms with van der Waals surface area (Å²) in [4.78, 5) is 13.8. The van der Waals surface area contributed by atoms with Crippen molar-refractivity contribution in [2.75, 3.05) is 20.8 Å². The van der Waals surface area contributed by atoms with Crippen LogP contribution in [-0.2, 0) is 9.95 Å². The Morgan fingerprint density at radius 1 is 0.927 bits per heavy atom. The molecule has 0 aliphatic heterocycles. The monoisotopic (exact) mass is 619 g/mol. The molecular formula is C34H42AsNO5. The van der Waals surface area contributed by atoms with E-state index >= 15 is 0 Å². The molecule has 0 aromatic heterocycles. The molecule has 0 amide bonds. The second-order valence-electron chi connectivity index (χ2n) is 11.4. The van der Waals surface area contributed by atoms with Gasteiger partial charge >= 0.3 is 249 Å². The van der Waals surface area contributed by atoms with Crippen LogP contribution in [-0.4, -0.2) is 57.5 Å². The number of aliphatic hydroxyl groups excluding tert-OH is 1. The number of hydrogen-bond acceptors (Lipinski definition) is 6. The van der Waals surface area contributed by atoms with E-state index in [0.29, 0.717) is 27.8 Å². The first-order chi connectivity index (χ1) is 20.0. The number of carbonyl (C=O) groups is 1. The van der Waals surface area contributed by atoms with Crippen LogP contribution in [0.15, 0.2) is 66.7 Å². The van der Waals surface area contributed by atoms with Crippen LogP contribution in [0, 0.1) is 5.92 Å². The quantitative estimate of drug-likeness (QED) is 0.226. The molecule has 3 aromatic carbocycles. The summed E-state index contributed by atoms with van der Waals surface area (Å²) in [5, 5.41) is 12.2. The molecule has 41 heavy (non-hydrogen) atoms. The predicted octanol–water partition coefficient (Wildman–Crippen LogP) is 6.47. The summed E-state index contributed by atoms with van der Waals surface area (Å²) in [5.74, 6) is 1.91. The van der Waals surface area contributed by atoms with Crippen molar-refractivity contribution in [2.45, 2.75) is 67.0 Å². The summed E-state index contributed by atoms with van der Waals surface area (Å²) in [6.07, 6.45) is 6.20. The Morgan fingerprint density at radius 2 is 1.51 bits per heavy atom. The zero-order valence-corrected chi connectivity index (χ0v) is 26.0. The van der Waals surface area contributed by atoms with Crippen LogP contribution in [0.2, 0.25) is 5.21 Å². The van der Waals surface area contributed by atoms with Crippen LogP contribution in [0.3, 0.4) is 0 Å². The van der Waals surface area contributed by atoms with E-state index in [4.69, 9.17) is 19.9 Å². The molecule has 2 aliphatic rings. The topological polar surface area (TPSA) is 91.0 Å². The van der Waals surface area contributed by atoms with Gasteiger partial charge in [0.05, 0.1) is 0 Å². The van der Waals surface area contributed by atoms with Crippen molar-refractivity contribution >= 4 is 19.4 Å². The first-order valence-corrected chi connectivity index (χ1v) is 18.3. The van der Waals surface area contributed by atoms with Crippen LogP contribution in [0.1, 0.15) is 61.1 Å². The normalized spacial score (nSPS) is 17.3. The molecule has 6 nitrogen and oxygen atoms in total. The number of fused-ring (bicyclic) bond motifs is 3. The number of carbonyl (C=O) groups excluding carboxylic acids is 1. The van der Waals surface area contributed by atoms with E-state index in [9.17, 15) is 9.90 Å². The molecule has 1 fully saturated rings. The molecule has 7 heteroatoms. The molecule has 218 valence electrons. The zero-order valence-electron chi connectivity index (χ0n) is 24.1. The number of aliphatic hydroxyl groups is 1. The Labute approximate surface area is 248 Å². The van der Waals surface area contributed by atoms with Gasteiger partial charge in [0.1, 0.15) is 0 Å². The fourth-order valence-electron chi connectivity index (χ4n) is 6.39. The van der Waals surface area contributed by atoms with Gasteiger partial charge in [0.25, 0.3) is 0 Å². The molecule has 0 heterocycles. The molecule has 0 bridgehead atoms. The number of rotatable bonds is 12. The molecule has 0 saturated heterocycles. The number of benzene rings is 3. The van der Waals surface area contributed by atoms with E-state index in [1.807, 2.05) is 42.5 Å². The Morgan fingerprint density at radius 3 is 2.10 bits per heavy atom. The van der Waals surface area contributed by atoms with Crippen LogP contribution in [0.4, 0.5) is 4.79 Å². The van der Waals surface area contributed by atoms with Crippen LogP contribution in [0.5, 0.6) is 11.5 Å². The van der Waals surface area contributed by atoms with Crippen LogP contribution in [0.25, 0.3) is 11.1 Å². The summed E-state index contributed by atoms with van der Waals surface area (Å²) < 4.78 is 16.9. The summed E-state index contributed by atoms with van der Waals surface area (Å²) in [6.45, 7) is 0.282.